The maximum atomic E-state index is 4.07. The summed E-state index contributed by atoms with van der Waals surface area (Å²) in [6, 6.07) is 0.602. The second-order valence-electron chi connectivity index (χ2n) is 3.32. The van der Waals surface area contributed by atoms with Gasteiger partial charge in [0.25, 0.3) is 0 Å². The molecule has 13 heavy (non-hydrogen) atoms. The second-order valence-corrected chi connectivity index (χ2v) is 3.32. The molecule has 0 radical (unpaired) electrons. The molecular weight excluding hydrogens is 160 g/mol. The molecule has 1 aromatic rings. The molecule has 1 atom stereocenters. The molecule has 1 heterocycles. The molecule has 0 bridgehead atoms. The molecule has 0 aromatic carbocycles. The SMILES string of the molecule is C=CCCC(CCC)n1ccnc1. The zero-order valence-electron chi connectivity index (χ0n) is 8.32. The van der Waals surface area contributed by atoms with Crippen LogP contribution >= 0.6 is 0 Å². The first kappa shape index (κ1) is 10.0. The maximum absolute atomic E-state index is 4.07. The Morgan fingerprint density at radius 3 is 2.92 bits per heavy atom. The van der Waals surface area contributed by atoms with E-state index in [2.05, 4.69) is 23.1 Å². The third-order valence-corrected chi connectivity index (χ3v) is 2.27. The standard InChI is InChI=1S/C11H18N2/c1-3-5-7-11(6-4-2)13-9-8-12-10-13/h3,8-11H,1,4-7H2,2H3. The van der Waals surface area contributed by atoms with Crippen LogP contribution in [0.3, 0.4) is 0 Å². The van der Waals surface area contributed by atoms with Gasteiger partial charge in [0, 0.05) is 18.4 Å². The zero-order chi connectivity index (χ0) is 9.52. The monoisotopic (exact) mass is 178 g/mol. The van der Waals surface area contributed by atoms with Gasteiger partial charge in [0.1, 0.15) is 0 Å². The number of hydrogen-bond donors (Lipinski definition) is 0. The lowest BCUT2D eigenvalue weighted by Gasteiger charge is -2.16. The van der Waals surface area contributed by atoms with Crippen molar-refractivity contribution in [2.24, 2.45) is 0 Å². The van der Waals surface area contributed by atoms with Crippen LogP contribution < -0.4 is 0 Å². The summed E-state index contributed by atoms with van der Waals surface area (Å²) < 4.78 is 2.20. The van der Waals surface area contributed by atoms with E-state index in [1.165, 1.54) is 19.3 Å². The van der Waals surface area contributed by atoms with Crippen LogP contribution in [0.15, 0.2) is 31.4 Å². The summed E-state index contributed by atoms with van der Waals surface area (Å²) in [4.78, 5) is 4.07. The van der Waals surface area contributed by atoms with Gasteiger partial charge in [-0.15, -0.1) is 6.58 Å². The van der Waals surface area contributed by atoms with Crippen molar-refractivity contribution in [1.29, 1.82) is 0 Å². The normalized spacial score (nSPS) is 12.7. The average Bonchev–Trinajstić information content (AvgIpc) is 2.65. The molecule has 1 unspecified atom stereocenters. The molecule has 0 fully saturated rings. The van der Waals surface area contributed by atoms with Crippen LogP contribution in [0.5, 0.6) is 0 Å². The van der Waals surface area contributed by atoms with E-state index in [1.807, 2.05) is 24.8 Å². The van der Waals surface area contributed by atoms with E-state index in [0.29, 0.717) is 6.04 Å². The molecule has 0 N–H and O–H groups in total. The Morgan fingerprint density at radius 1 is 1.54 bits per heavy atom. The lowest BCUT2D eigenvalue weighted by molar-refractivity contribution is 0.434. The summed E-state index contributed by atoms with van der Waals surface area (Å²) in [5.41, 5.74) is 0. The van der Waals surface area contributed by atoms with Gasteiger partial charge in [-0.2, -0.15) is 0 Å². The summed E-state index contributed by atoms with van der Waals surface area (Å²) in [6.45, 7) is 5.97. The van der Waals surface area contributed by atoms with Crippen LogP contribution in [0.4, 0.5) is 0 Å². The molecule has 0 amide bonds. The first-order valence-electron chi connectivity index (χ1n) is 4.96. The second kappa shape index (κ2) is 5.57. The molecule has 0 aliphatic carbocycles. The summed E-state index contributed by atoms with van der Waals surface area (Å²) in [5, 5.41) is 0. The molecule has 0 saturated heterocycles. The fourth-order valence-corrected chi connectivity index (χ4v) is 1.57. The van der Waals surface area contributed by atoms with Crippen LogP contribution in [0.25, 0.3) is 0 Å². The van der Waals surface area contributed by atoms with Crippen molar-refractivity contribution < 1.29 is 0 Å². The fourth-order valence-electron chi connectivity index (χ4n) is 1.57. The maximum Gasteiger partial charge on any atom is 0.0948 e. The molecule has 0 saturated carbocycles. The predicted molar refractivity (Wildman–Crippen MR) is 55.6 cm³/mol. The van der Waals surface area contributed by atoms with Gasteiger partial charge in [-0.25, -0.2) is 4.98 Å². The third-order valence-electron chi connectivity index (χ3n) is 2.27. The Balaban J connectivity index is 2.51. The van der Waals surface area contributed by atoms with Gasteiger partial charge in [0.15, 0.2) is 0 Å². The summed E-state index contributed by atoms with van der Waals surface area (Å²) in [7, 11) is 0. The van der Waals surface area contributed by atoms with Crippen molar-refractivity contribution in [3.63, 3.8) is 0 Å². The van der Waals surface area contributed by atoms with E-state index in [9.17, 15) is 0 Å². The Morgan fingerprint density at radius 2 is 2.38 bits per heavy atom. The van der Waals surface area contributed by atoms with Crippen LogP contribution in [-0.2, 0) is 0 Å². The number of nitrogens with zero attached hydrogens (tertiary/aromatic N) is 2. The summed E-state index contributed by atoms with van der Waals surface area (Å²) in [6.07, 6.45) is 12.5. The average molecular weight is 178 g/mol. The van der Waals surface area contributed by atoms with Crippen molar-refractivity contribution in [1.82, 2.24) is 9.55 Å². The third kappa shape index (κ3) is 3.05. The fraction of sp³-hybridized carbons (Fsp3) is 0.545. The molecule has 1 aromatic heterocycles. The molecule has 0 aliphatic heterocycles. The van der Waals surface area contributed by atoms with Crippen LogP contribution in [0.1, 0.15) is 38.6 Å². The van der Waals surface area contributed by atoms with Gasteiger partial charge in [-0.05, 0) is 19.3 Å². The highest BCUT2D eigenvalue weighted by Crippen LogP contribution is 2.19. The van der Waals surface area contributed by atoms with Crippen LogP contribution in [0.2, 0.25) is 0 Å². The Hall–Kier alpha value is -1.05. The Labute approximate surface area is 80.3 Å². The topological polar surface area (TPSA) is 17.8 Å². The van der Waals surface area contributed by atoms with Gasteiger partial charge in [-0.3, -0.25) is 0 Å². The molecule has 0 aliphatic rings. The molecule has 2 heteroatoms. The first-order chi connectivity index (χ1) is 6.38. The highest BCUT2D eigenvalue weighted by atomic mass is 15.0. The van der Waals surface area contributed by atoms with Crippen molar-refractivity contribution in [3.8, 4) is 0 Å². The molecule has 2 nitrogen and oxygen atoms in total. The molecule has 0 spiro atoms. The quantitative estimate of drug-likeness (QED) is 0.612. The number of rotatable bonds is 6. The van der Waals surface area contributed by atoms with E-state index in [1.54, 1.807) is 0 Å². The summed E-state index contributed by atoms with van der Waals surface area (Å²) in [5.74, 6) is 0. The molecule has 72 valence electrons. The van der Waals surface area contributed by atoms with Gasteiger partial charge in [0.2, 0.25) is 0 Å². The van der Waals surface area contributed by atoms with Crippen LogP contribution in [0, 0.1) is 0 Å². The van der Waals surface area contributed by atoms with E-state index < -0.39 is 0 Å². The Bertz CT molecular complexity index is 226. The summed E-state index contributed by atoms with van der Waals surface area (Å²) >= 11 is 0. The zero-order valence-corrected chi connectivity index (χ0v) is 8.32. The van der Waals surface area contributed by atoms with Crippen molar-refractivity contribution in [3.05, 3.63) is 31.4 Å². The lowest BCUT2D eigenvalue weighted by atomic mass is 10.1. The smallest absolute Gasteiger partial charge is 0.0948 e. The highest BCUT2D eigenvalue weighted by Gasteiger charge is 2.07. The van der Waals surface area contributed by atoms with Crippen LogP contribution in [-0.4, -0.2) is 9.55 Å². The minimum atomic E-state index is 0.602. The van der Waals surface area contributed by atoms with Gasteiger partial charge in [0.05, 0.1) is 6.33 Å². The minimum absolute atomic E-state index is 0.602. The van der Waals surface area contributed by atoms with Gasteiger partial charge in [-0.1, -0.05) is 19.4 Å². The predicted octanol–water partition coefficient (Wildman–Crippen LogP) is 3.19. The van der Waals surface area contributed by atoms with Crippen molar-refractivity contribution in [2.75, 3.05) is 0 Å². The highest BCUT2D eigenvalue weighted by molar-refractivity contribution is 4.82. The van der Waals surface area contributed by atoms with Gasteiger partial charge < -0.3 is 4.57 Å². The Kier molecular flexibility index (Phi) is 4.30. The lowest BCUT2D eigenvalue weighted by Crippen LogP contribution is -2.06. The van der Waals surface area contributed by atoms with Gasteiger partial charge >= 0.3 is 0 Å². The number of aromatic nitrogens is 2. The minimum Gasteiger partial charge on any atom is -0.334 e. The molecular formula is C11H18N2. The first-order valence-corrected chi connectivity index (χ1v) is 4.96. The van der Waals surface area contributed by atoms with E-state index in [0.717, 1.165) is 6.42 Å². The van der Waals surface area contributed by atoms with Crippen molar-refractivity contribution >= 4 is 0 Å². The largest absolute Gasteiger partial charge is 0.334 e. The number of hydrogen-bond acceptors (Lipinski definition) is 1. The number of imidazole rings is 1. The van der Waals surface area contributed by atoms with Crippen molar-refractivity contribution in [2.45, 2.75) is 38.6 Å². The van der Waals surface area contributed by atoms with E-state index in [-0.39, 0.29) is 0 Å². The molecule has 1 rings (SSSR count). The number of allylic oxidation sites excluding steroid dienone is 1. The van der Waals surface area contributed by atoms with E-state index in [4.69, 9.17) is 0 Å². The van der Waals surface area contributed by atoms with E-state index >= 15 is 0 Å².